The van der Waals surface area contributed by atoms with Crippen molar-refractivity contribution in [2.24, 2.45) is 4.99 Å². The predicted molar refractivity (Wildman–Crippen MR) is 103 cm³/mol. The Balaban J connectivity index is 2.22. The minimum absolute atomic E-state index is 0.111. The number of ether oxygens (including phenoxy) is 1. The summed E-state index contributed by atoms with van der Waals surface area (Å²) in [5.41, 5.74) is 1.92. The molecule has 2 aromatic carbocycles. The standard InChI is InChI=1S/C19H21N3O5/c1-21(2)15-7-4-13(5-8-15)12-20-16(19(24)27-3)10-14-6-9-18(23)17(11-14)22(25)26/h4-9,11-12,16,23H,10H2,1-3H3. The van der Waals surface area contributed by atoms with E-state index in [1.54, 1.807) is 6.21 Å². The normalized spacial score (nSPS) is 12.0. The number of aromatic hydroxyl groups is 1. The lowest BCUT2D eigenvalue weighted by atomic mass is 10.1. The van der Waals surface area contributed by atoms with Gasteiger partial charge in [-0.05, 0) is 29.3 Å². The molecule has 0 saturated heterocycles. The molecule has 0 aliphatic carbocycles. The summed E-state index contributed by atoms with van der Waals surface area (Å²) in [7, 11) is 5.14. The number of hydrogen-bond donors (Lipinski definition) is 1. The molecule has 0 amide bonds. The van der Waals surface area contributed by atoms with E-state index < -0.39 is 28.4 Å². The summed E-state index contributed by atoms with van der Waals surface area (Å²) >= 11 is 0. The zero-order chi connectivity index (χ0) is 20.0. The van der Waals surface area contributed by atoms with Gasteiger partial charge in [-0.25, -0.2) is 4.79 Å². The van der Waals surface area contributed by atoms with Crippen LogP contribution in [0.25, 0.3) is 0 Å². The van der Waals surface area contributed by atoms with Gasteiger partial charge in [0.1, 0.15) is 0 Å². The molecule has 0 bridgehead atoms. The van der Waals surface area contributed by atoms with Crippen LogP contribution in [0.3, 0.4) is 0 Å². The second-order valence-electron chi connectivity index (χ2n) is 6.09. The van der Waals surface area contributed by atoms with Gasteiger partial charge in [-0.2, -0.15) is 0 Å². The fourth-order valence-electron chi connectivity index (χ4n) is 2.43. The molecule has 0 saturated carbocycles. The van der Waals surface area contributed by atoms with Gasteiger partial charge < -0.3 is 14.7 Å². The maximum atomic E-state index is 12.0. The molecule has 27 heavy (non-hydrogen) atoms. The summed E-state index contributed by atoms with van der Waals surface area (Å²) in [4.78, 5) is 28.6. The van der Waals surface area contributed by atoms with E-state index in [2.05, 4.69) is 4.99 Å². The number of methoxy groups -OCH3 is 1. The number of benzene rings is 2. The minimum atomic E-state index is -0.854. The van der Waals surface area contributed by atoms with Crippen LogP contribution in [0.5, 0.6) is 5.75 Å². The van der Waals surface area contributed by atoms with Crippen LogP contribution in [0, 0.1) is 10.1 Å². The number of aliphatic imine (C=N–C) groups is 1. The van der Waals surface area contributed by atoms with Crippen LogP contribution < -0.4 is 4.90 Å². The highest BCUT2D eigenvalue weighted by molar-refractivity contribution is 5.84. The molecule has 1 unspecified atom stereocenters. The Morgan fingerprint density at radius 1 is 1.30 bits per heavy atom. The topological polar surface area (TPSA) is 105 Å². The first-order valence-corrected chi connectivity index (χ1v) is 8.16. The Kier molecular flexibility index (Phi) is 6.48. The number of carbonyl (C=O) groups is 1. The number of rotatable bonds is 7. The van der Waals surface area contributed by atoms with Crippen LogP contribution in [0.2, 0.25) is 0 Å². The van der Waals surface area contributed by atoms with Gasteiger partial charge in [-0.15, -0.1) is 0 Å². The average Bonchev–Trinajstić information content (AvgIpc) is 2.65. The maximum Gasteiger partial charge on any atom is 0.330 e. The summed E-state index contributed by atoms with van der Waals surface area (Å²) in [5, 5.41) is 20.5. The molecule has 1 atom stereocenters. The quantitative estimate of drug-likeness (QED) is 0.347. The van der Waals surface area contributed by atoms with Crippen molar-refractivity contribution in [2.45, 2.75) is 12.5 Å². The first-order valence-electron chi connectivity index (χ1n) is 8.16. The van der Waals surface area contributed by atoms with E-state index in [0.717, 1.165) is 11.3 Å². The average molecular weight is 371 g/mol. The number of nitrogens with zero attached hydrogens (tertiary/aromatic N) is 3. The van der Waals surface area contributed by atoms with E-state index in [-0.39, 0.29) is 6.42 Å². The van der Waals surface area contributed by atoms with Crippen LogP contribution >= 0.6 is 0 Å². The highest BCUT2D eigenvalue weighted by atomic mass is 16.6. The Morgan fingerprint density at radius 3 is 2.52 bits per heavy atom. The molecule has 0 radical (unpaired) electrons. The zero-order valence-electron chi connectivity index (χ0n) is 15.3. The minimum Gasteiger partial charge on any atom is -0.502 e. The SMILES string of the molecule is COC(=O)C(Cc1ccc(O)c([N+](=O)[O-])c1)N=Cc1ccc(N(C)C)cc1. The van der Waals surface area contributed by atoms with Crippen molar-refractivity contribution in [1.29, 1.82) is 0 Å². The molecule has 1 N–H and O–H groups in total. The zero-order valence-corrected chi connectivity index (χ0v) is 15.3. The van der Waals surface area contributed by atoms with Gasteiger partial charge in [0.2, 0.25) is 0 Å². The molecular formula is C19H21N3O5. The molecule has 0 fully saturated rings. The van der Waals surface area contributed by atoms with Crippen molar-refractivity contribution in [3.63, 3.8) is 0 Å². The second-order valence-corrected chi connectivity index (χ2v) is 6.09. The number of phenolic OH excluding ortho intramolecular Hbond substituents is 1. The van der Waals surface area contributed by atoms with Gasteiger partial charge >= 0.3 is 11.7 Å². The third-order valence-corrected chi connectivity index (χ3v) is 3.95. The fraction of sp³-hybridized carbons (Fsp3) is 0.263. The lowest BCUT2D eigenvalue weighted by molar-refractivity contribution is -0.385. The predicted octanol–water partition coefficient (Wildman–Crippen LogP) is 2.57. The molecule has 0 aromatic heterocycles. The van der Waals surface area contributed by atoms with Gasteiger partial charge in [0.05, 0.1) is 12.0 Å². The summed E-state index contributed by atoms with van der Waals surface area (Å²) in [6.45, 7) is 0. The van der Waals surface area contributed by atoms with E-state index in [9.17, 15) is 20.0 Å². The smallest absolute Gasteiger partial charge is 0.330 e. The van der Waals surface area contributed by atoms with Crippen molar-refractivity contribution in [3.8, 4) is 5.75 Å². The first kappa shape index (κ1) is 19.9. The Hall–Kier alpha value is -3.42. The first-order chi connectivity index (χ1) is 12.8. The molecular weight excluding hydrogens is 350 g/mol. The van der Waals surface area contributed by atoms with Crippen LogP contribution in [0.15, 0.2) is 47.5 Å². The summed E-state index contributed by atoms with van der Waals surface area (Å²) in [5.74, 6) is -0.977. The second kappa shape index (κ2) is 8.79. The highest BCUT2D eigenvalue weighted by Gasteiger charge is 2.21. The van der Waals surface area contributed by atoms with Crippen molar-refractivity contribution < 1.29 is 19.6 Å². The molecule has 2 aromatic rings. The summed E-state index contributed by atoms with van der Waals surface area (Å²) in [6.07, 6.45) is 1.68. The number of nitro groups is 1. The number of nitro benzene ring substituents is 1. The van der Waals surface area contributed by atoms with Crippen LogP contribution in [0.4, 0.5) is 11.4 Å². The van der Waals surface area contributed by atoms with Crippen LogP contribution in [0.1, 0.15) is 11.1 Å². The van der Waals surface area contributed by atoms with E-state index in [4.69, 9.17) is 4.74 Å². The highest BCUT2D eigenvalue weighted by Crippen LogP contribution is 2.27. The van der Waals surface area contributed by atoms with Crippen molar-refractivity contribution in [3.05, 3.63) is 63.7 Å². The van der Waals surface area contributed by atoms with Gasteiger partial charge in [0.15, 0.2) is 11.8 Å². The molecule has 0 spiro atoms. The van der Waals surface area contributed by atoms with E-state index in [1.165, 1.54) is 25.3 Å². The largest absolute Gasteiger partial charge is 0.502 e. The molecule has 2 rings (SSSR count). The number of carbonyl (C=O) groups excluding carboxylic acids is 1. The Labute approximate surface area is 156 Å². The Bertz CT molecular complexity index is 847. The fourth-order valence-corrected chi connectivity index (χ4v) is 2.43. The van der Waals surface area contributed by atoms with E-state index in [1.807, 2.05) is 43.3 Å². The number of anilines is 1. The third-order valence-electron chi connectivity index (χ3n) is 3.95. The lowest BCUT2D eigenvalue weighted by Crippen LogP contribution is -2.23. The molecule has 0 aliphatic heterocycles. The van der Waals surface area contributed by atoms with E-state index >= 15 is 0 Å². The van der Waals surface area contributed by atoms with Crippen LogP contribution in [-0.2, 0) is 16.0 Å². The monoisotopic (exact) mass is 371 g/mol. The molecule has 8 heteroatoms. The molecule has 0 aliphatic rings. The Morgan fingerprint density at radius 2 is 1.96 bits per heavy atom. The number of hydrogen-bond acceptors (Lipinski definition) is 7. The summed E-state index contributed by atoms with van der Waals surface area (Å²) < 4.78 is 4.78. The van der Waals surface area contributed by atoms with Gasteiger partial charge in [0.25, 0.3) is 0 Å². The molecule has 142 valence electrons. The van der Waals surface area contributed by atoms with Gasteiger partial charge in [-0.1, -0.05) is 18.2 Å². The lowest BCUT2D eigenvalue weighted by Gasteiger charge is -2.12. The van der Waals surface area contributed by atoms with Crippen molar-refractivity contribution >= 4 is 23.6 Å². The third kappa shape index (κ3) is 5.27. The van der Waals surface area contributed by atoms with Gasteiger partial charge in [-0.3, -0.25) is 15.1 Å². The molecule has 0 heterocycles. The number of esters is 1. The van der Waals surface area contributed by atoms with Crippen molar-refractivity contribution in [2.75, 3.05) is 26.1 Å². The number of phenols is 1. The van der Waals surface area contributed by atoms with E-state index in [0.29, 0.717) is 5.56 Å². The van der Waals surface area contributed by atoms with Crippen LogP contribution in [-0.4, -0.2) is 49.5 Å². The summed E-state index contributed by atoms with van der Waals surface area (Å²) in [6, 6.07) is 10.7. The molecule has 8 nitrogen and oxygen atoms in total. The maximum absolute atomic E-state index is 12.0. The van der Waals surface area contributed by atoms with Crippen molar-refractivity contribution in [1.82, 2.24) is 0 Å². The van der Waals surface area contributed by atoms with Gasteiger partial charge in [0, 0.05) is 38.5 Å².